The van der Waals surface area contributed by atoms with E-state index in [9.17, 15) is 9.59 Å². The van der Waals surface area contributed by atoms with E-state index in [0.29, 0.717) is 6.54 Å². The third-order valence-electron chi connectivity index (χ3n) is 1.86. The summed E-state index contributed by atoms with van der Waals surface area (Å²) in [7, 11) is 0. The van der Waals surface area contributed by atoms with Gasteiger partial charge in [0.05, 0.1) is 0 Å². The normalized spacial score (nSPS) is 9.47. The second-order valence-corrected chi connectivity index (χ2v) is 3.25. The van der Waals surface area contributed by atoms with Gasteiger partial charge in [-0.25, -0.2) is 0 Å². The minimum absolute atomic E-state index is 0.0902. The molecule has 2 N–H and O–H groups in total. The van der Waals surface area contributed by atoms with Crippen LogP contribution in [0.4, 0.5) is 5.69 Å². The zero-order valence-corrected chi connectivity index (χ0v) is 8.83. The van der Waals surface area contributed by atoms with Crippen LogP contribution in [0, 0.1) is 0 Å². The van der Waals surface area contributed by atoms with E-state index in [1.54, 1.807) is 6.07 Å². The van der Waals surface area contributed by atoms with Gasteiger partial charge < -0.3 is 10.6 Å². The molecule has 0 radical (unpaired) electrons. The molecule has 0 heterocycles. The fourth-order valence-corrected chi connectivity index (χ4v) is 1.21. The van der Waals surface area contributed by atoms with Crippen molar-refractivity contribution in [2.75, 3.05) is 5.32 Å². The number of benzene rings is 1. The molecular formula is C11H14N2O2. The van der Waals surface area contributed by atoms with Crippen LogP contribution in [-0.4, -0.2) is 11.8 Å². The minimum Gasteiger partial charge on any atom is -0.352 e. The second-order valence-electron chi connectivity index (χ2n) is 3.25. The van der Waals surface area contributed by atoms with Gasteiger partial charge in [-0.3, -0.25) is 9.59 Å². The van der Waals surface area contributed by atoms with Gasteiger partial charge in [-0.1, -0.05) is 18.2 Å². The monoisotopic (exact) mass is 206 g/mol. The Kier molecular flexibility index (Phi) is 3.85. The number of amides is 2. The topological polar surface area (TPSA) is 58.2 Å². The number of carbonyl (C=O) groups excluding carboxylic acids is 2. The molecule has 0 aliphatic heterocycles. The predicted octanol–water partition coefficient (Wildman–Crippen LogP) is 1.28. The van der Waals surface area contributed by atoms with Crippen molar-refractivity contribution < 1.29 is 9.59 Å². The first kappa shape index (κ1) is 11.2. The Hall–Kier alpha value is -1.84. The van der Waals surface area contributed by atoms with Crippen LogP contribution < -0.4 is 10.6 Å². The average Bonchev–Trinajstić information content (AvgIpc) is 2.15. The van der Waals surface area contributed by atoms with Crippen LogP contribution in [-0.2, 0) is 16.1 Å². The average molecular weight is 206 g/mol. The van der Waals surface area contributed by atoms with E-state index >= 15 is 0 Å². The highest BCUT2D eigenvalue weighted by molar-refractivity contribution is 5.89. The van der Waals surface area contributed by atoms with Crippen LogP contribution in [0.15, 0.2) is 24.3 Å². The van der Waals surface area contributed by atoms with Crippen molar-refractivity contribution >= 4 is 17.5 Å². The van der Waals surface area contributed by atoms with Gasteiger partial charge in [0.25, 0.3) is 0 Å². The highest BCUT2D eigenvalue weighted by Gasteiger charge is 2.02. The Morgan fingerprint density at radius 1 is 1.13 bits per heavy atom. The van der Waals surface area contributed by atoms with Crippen LogP contribution >= 0.6 is 0 Å². The lowest BCUT2D eigenvalue weighted by molar-refractivity contribution is -0.119. The highest BCUT2D eigenvalue weighted by atomic mass is 16.2. The summed E-state index contributed by atoms with van der Waals surface area (Å²) < 4.78 is 0. The Labute approximate surface area is 88.7 Å². The molecule has 0 aliphatic rings. The summed E-state index contributed by atoms with van der Waals surface area (Å²) in [5.41, 5.74) is 1.63. The molecule has 1 aromatic carbocycles. The molecule has 1 aromatic rings. The smallest absolute Gasteiger partial charge is 0.221 e. The molecule has 15 heavy (non-hydrogen) atoms. The molecule has 0 spiro atoms. The van der Waals surface area contributed by atoms with Gasteiger partial charge in [0, 0.05) is 26.1 Å². The van der Waals surface area contributed by atoms with E-state index < -0.39 is 0 Å². The first-order chi connectivity index (χ1) is 7.09. The summed E-state index contributed by atoms with van der Waals surface area (Å²) in [6.07, 6.45) is 0. The van der Waals surface area contributed by atoms with Crippen molar-refractivity contribution in [1.82, 2.24) is 5.32 Å². The van der Waals surface area contributed by atoms with Gasteiger partial charge in [-0.05, 0) is 11.6 Å². The van der Waals surface area contributed by atoms with Crippen LogP contribution in [0.2, 0.25) is 0 Å². The first-order valence-corrected chi connectivity index (χ1v) is 4.69. The molecule has 4 nitrogen and oxygen atoms in total. The molecule has 0 aliphatic carbocycles. The van der Waals surface area contributed by atoms with E-state index in [1.165, 1.54) is 13.8 Å². The van der Waals surface area contributed by atoms with Gasteiger partial charge in [0.2, 0.25) is 11.8 Å². The molecule has 80 valence electrons. The predicted molar refractivity (Wildman–Crippen MR) is 58.3 cm³/mol. The van der Waals surface area contributed by atoms with Crippen molar-refractivity contribution in [3.63, 3.8) is 0 Å². The Morgan fingerprint density at radius 2 is 1.80 bits per heavy atom. The third-order valence-corrected chi connectivity index (χ3v) is 1.86. The van der Waals surface area contributed by atoms with Crippen LogP contribution in [0.1, 0.15) is 19.4 Å². The van der Waals surface area contributed by atoms with Crippen molar-refractivity contribution in [3.05, 3.63) is 29.8 Å². The van der Waals surface area contributed by atoms with Crippen molar-refractivity contribution in [1.29, 1.82) is 0 Å². The maximum absolute atomic E-state index is 10.9. The molecule has 1 rings (SSSR count). The van der Waals surface area contributed by atoms with E-state index in [1.807, 2.05) is 18.2 Å². The van der Waals surface area contributed by atoms with Crippen molar-refractivity contribution in [3.8, 4) is 0 Å². The number of carbonyl (C=O) groups is 2. The summed E-state index contributed by atoms with van der Waals surface area (Å²) in [5, 5.41) is 5.39. The number of anilines is 1. The van der Waals surface area contributed by atoms with Gasteiger partial charge >= 0.3 is 0 Å². The lowest BCUT2D eigenvalue weighted by Crippen LogP contribution is -2.20. The Balaban J connectivity index is 2.76. The van der Waals surface area contributed by atoms with Crippen LogP contribution in [0.25, 0.3) is 0 Å². The van der Waals surface area contributed by atoms with E-state index in [4.69, 9.17) is 0 Å². The third kappa shape index (κ3) is 3.81. The molecule has 0 aromatic heterocycles. The zero-order chi connectivity index (χ0) is 11.3. The fraction of sp³-hybridized carbons (Fsp3) is 0.273. The molecule has 0 bridgehead atoms. The maximum atomic E-state index is 10.9. The van der Waals surface area contributed by atoms with Gasteiger partial charge in [0.1, 0.15) is 0 Å². The van der Waals surface area contributed by atoms with Crippen LogP contribution in [0.5, 0.6) is 0 Å². The fourth-order valence-electron chi connectivity index (χ4n) is 1.21. The van der Waals surface area contributed by atoms with Gasteiger partial charge in [-0.2, -0.15) is 0 Å². The summed E-state index contributed by atoms with van der Waals surface area (Å²) in [5.74, 6) is -0.210. The molecule has 0 saturated heterocycles. The second kappa shape index (κ2) is 5.14. The maximum Gasteiger partial charge on any atom is 0.221 e. The highest BCUT2D eigenvalue weighted by Crippen LogP contribution is 2.14. The van der Waals surface area contributed by atoms with Crippen LogP contribution in [0.3, 0.4) is 0 Å². The van der Waals surface area contributed by atoms with Gasteiger partial charge in [0.15, 0.2) is 0 Å². The summed E-state index contributed by atoms with van der Waals surface area (Å²) in [6, 6.07) is 7.37. The zero-order valence-electron chi connectivity index (χ0n) is 8.83. The molecule has 4 heteroatoms. The van der Waals surface area contributed by atoms with Crippen molar-refractivity contribution in [2.24, 2.45) is 0 Å². The molecule has 0 atom stereocenters. The molecular weight excluding hydrogens is 192 g/mol. The molecule has 0 fully saturated rings. The van der Waals surface area contributed by atoms with Gasteiger partial charge in [-0.15, -0.1) is 0 Å². The number of para-hydroxylation sites is 1. The summed E-state index contributed by atoms with van der Waals surface area (Å²) >= 11 is 0. The summed E-state index contributed by atoms with van der Waals surface area (Å²) in [6.45, 7) is 3.34. The number of nitrogens with one attached hydrogen (secondary N) is 2. The van der Waals surface area contributed by atoms with Crippen molar-refractivity contribution in [2.45, 2.75) is 20.4 Å². The Morgan fingerprint density at radius 3 is 2.40 bits per heavy atom. The minimum atomic E-state index is -0.120. The van der Waals surface area contributed by atoms with E-state index in [0.717, 1.165) is 11.3 Å². The lowest BCUT2D eigenvalue weighted by atomic mass is 10.1. The largest absolute Gasteiger partial charge is 0.352 e. The Bertz CT molecular complexity index is 375. The number of rotatable bonds is 3. The first-order valence-electron chi connectivity index (χ1n) is 4.69. The number of hydrogen-bond acceptors (Lipinski definition) is 2. The van der Waals surface area contributed by atoms with E-state index in [2.05, 4.69) is 10.6 Å². The molecule has 0 unspecified atom stereocenters. The standard InChI is InChI=1S/C11H14N2O2/c1-8(14)12-7-10-5-3-4-6-11(10)13-9(2)15/h3-6H,7H2,1-2H3,(H,12,14)(H,13,15). The lowest BCUT2D eigenvalue weighted by Gasteiger charge is -2.09. The summed E-state index contributed by atoms with van der Waals surface area (Å²) in [4.78, 5) is 21.7. The number of hydrogen-bond donors (Lipinski definition) is 2. The molecule has 0 saturated carbocycles. The quantitative estimate of drug-likeness (QED) is 0.782. The molecule has 2 amide bonds. The van der Waals surface area contributed by atoms with E-state index in [-0.39, 0.29) is 11.8 Å². The SMILES string of the molecule is CC(=O)NCc1ccccc1NC(C)=O.